The smallest absolute Gasteiger partial charge is 0.337 e. The number of hydrogen-bond acceptors (Lipinski definition) is 3. The van der Waals surface area contributed by atoms with Crippen LogP contribution in [0.25, 0.3) is 0 Å². The first-order valence-corrected chi connectivity index (χ1v) is 6.45. The number of carbonyl (C=O) groups is 2. The van der Waals surface area contributed by atoms with Crippen molar-refractivity contribution in [1.82, 2.24) is 0 Å². The standard InChI is InChI=1S/C16H16N2O3/c1-10-2-7-14(13(8-10)16(20)21)18-15(19)12-5-3-11(9-17)4-6-12/h2-8H,9,17H2,1H3,(H,18,19)(H,20,21). The number of carboxylic acid groups (broad SMARTS) is 1. The summed E-state index contributed by atoms with van der Waals surface area (Å²) in [6, 6.07) is 11.7. The van der Waals surface area contributed by atoms with Gasteiger partial charge < -0.3 is 16.2 Å². The van der Waals surface area contributed by atoms with E-state index in [9.17, 15) is 14.7 Å². The summed E-state index contributed by atoms with van der Waals surface area (Å²) in [6.07, 6.45) is 0. The second kappa shape index (κ2) is 6.19. The molecule has 0 radical (unpaired) electrons. The molecule has 0 fully saturated rings. The maximum atomic E-state index is 12.1. The van der Waals surface area contributed by atoms with Crippen molar-refractivity contribution in [1.29, 1.82) is 0 Å². The van der Waals surface area contributed by atoms with Crippen LogP contribution in [0.3, 0.4) is 0 Å². The SMILES string of the molecule is Cc1ccc(NC(=O)c2ccc(CN)cc2)c(C(=O)O)c1. The molecule has 0 aliphatic carbocycles. The highest BCUT2D eigenvalue weighted by Gasteiger charge is 2.13. The van der Waals surface area contributed by atoms with Gasteiger partial charge in [-0.15, -0.1) is 0 Å². The summed E-state index contributed by atoms with van der Waals surface area (Å²) >= 11 is 0. The van der Waals surface area contributed by atoms with Crippen LogP contribution in [-0.4, -0.2) is 17.0 Å². The Labute approximate surface area is 122 Å². The van der Waals surface area contributed by atoms with Gasteiger partial charge in [0.05, 0.1) is 11.3 Å². The highest BCUT2D eigenvalue weighted by atomic mass is 16.4. The summed E-state index contributed by atoms with van der Waals surface area (Å²) in [7, 11) is 0. The van der Waals surface area contributed by atoms with E-state index >= 15 is 0 Å². The van der Waals surface area contributed by atoms with Gasteiger partial charge in [0.25, 0.3) is 5.91 Å². The Balaban J connectivity index is 2.24. The van der Waals surface area contributed by atoms with Gasteiger partial charge in [0, 0.05) is 12.1 Å². The molecule has 21 heavy (non-hydrogen) atoms. The van der Waals surface area contributed by atoms with Crippen LogP contribution >= 0.6 is 0 Å². The molecule has 0 aliphatic rings. The van der Waals surface area contributed by atoms with Gasteiger partial charge in [-0.2, -0.15) is 0 Å². The number of amides is 1. The number of benzene rings is 2. The Kier molecular flexibility index (Phi) is 4.35. The van der Waals surface area contributed by atoms with Crippen LogP contribution in [0.2, 0.25) is 0 Å². The molecule has 0 spiro atoms. The van der Waals surface area contributed by atoms with Crippen molar-refractivity contribution < 1.29 is 14.7 Å². The summed E-state index contributed by atoms with van der Waals surface area (Å²) in [6.45, 7) is 2.20. The minimum Gasteiger partial charge on any atom is -0.478 e. The van der Waals surface area contributed by atoms with Crippen molar-refractivity contribution in [3.63, 3.8) is 0 Å². The molecule has 0 saturated carbocycles. The Morgan fingerprint density at radius 1 is 1.14 bits per heavy atom. The maximum Gasteiger partial charge on any atom is 0.337 e. The van der Waals surface area contributed by atoms with Gasteiger partial charge in [0.1, 0.15) is 0 Å². The van der Waals surface area contributed by atoms with Gasteiger partial charge >= 0.3 is 5.97 Å². The Hall–Kier alpha value is -2.66. The monoisotopic (exact) mass is 284 g/mol. The molecule has 0 aromatic heterocycles. The first-order valence-electron chi connectivity index (χ1n) is 6.45. The van der Waals surface area contributed by atoms with Crippen LogP contribution in [0.4, 0.5) is 5.69 Å². The fraction of sp³-hybridized carbons (Fsp3) is 0.125. The first kappa shape index (κ1) is 14.7. The van der Waals surface area contributed by atoms with E-state index in [1.165, 1.54) is 6.07 Å². The lowest BCUT2D eigenvalue weighted by Crippen LogP contribution is -2.15. The van der Waals surface area contributed by atoms with E-state index in [4.69, 9.17) is 5.73 Å². The average molecular weight is 284 g/mol. The Morgan fingerprint density at radius 3 is 2.38 bits per heavy atom. The van der Waals surface area contributed by atoms with Crippen LogP contribution in [0.15, 0.2) is 42.5 Å². The molecule has 0 heterocycles. The molecule has 0 atom stereocenters. The molecule has 4 N–H and O–H groups in total. The fourth-order valence-electron chi connectivity index (χ4n) is 1.93. The zero-order valence-electron chi connectivity index (χ0n) is 11.6. The molecule has 2 rings (SSSR count). The van der Waals surface area contributed by atoms with E-state index in [1.807, 2.05) is 0 Å². The summed E-state index contributed by atoms with van der Waals surface area (Å²) in [5.74, 6) is -1.43. The van der Waals surface area contributed by atoms with Crippen LogP contribution in [0.5, 0.6) is 0 Å². The van der Waals surface area contributed by atoms with Crippen molar-refractivity contribution >= 4 is 17.6 Å². The summed E-state index contributed by atoms with van der Waals surface area (Å²) < 4.78 is 0. The summed E-state index contributed by atoms with van der Waals surface area (Å²) in [5, 5.41) is 11.8. The van der Waals surface area contributed by atoms with Crippen LogP contribution in [-0.2, 0) is 6.54 Å². The number of anilines is 1. The van der Waals surface area contributed by atoms with E-state index in [0.29, 0.717) is 12.1 Å². The molecular formula is C16H16N2O3. The van der Waals surface area contributed by atoms with Gasteiger partial charge in [-0.25, -0.2) is 4.79 Å². The Bertz CT molecular complexity index is 678. The fourth-order valence-corrected chi connectivity index (χ4v) is 1.93. The highest BCUT2D eigenvalue weighted by Crippen LogP contribution is 2.18. The number of rotatable bonds is 4. The third-order valence-electron chi connectivity index (χ3n) is 3.11. The molecule has 108 valence electrons. The molecule has 0 saturated heterocycles. The highest BCUT2D eigenvalue weighted by molar-refractivity contribution is 6.07. The molecule has 0 aliphatic heterocycles. The normalized spacial score (nSPS) is 10.2. The van der Waals surface area contributed by atoms with Crippen LogP contribution < -0.4 is 11.1 Å². The zero-order chi connectivity index (χ0) is 15.4. The molecular weight excluding hydrogens is 268 g/mol. The molecule has 0 bridgehead atoms. The van der Waals surface area contributed by atoms with E-state index in [-0.39, 0.29) is 17.2 Å². The van der Waals surface area contributed by atoms with Crippen molar-refractivity contribution in [2.75, 3.05) is 5.32 Å². The minimum atomic E-state index is -1.08. The zero-order valence-corrected chi connectivity index (χ0v) is 11.6. The van der Waals surface area contributed by atoms with Crippen molar-refractivity contribution in [3.05, 3.63) is 64.7 Å². The van der Waals surface area contributed by atoms with Gasteiger partial charge in [-0.1, -0.05) is 23.8 Å². The number of hydrogen-bond donors (Lipinski definition) is 3. The predicted molar refractivity (Wildman–Crippen MR) is 80.4 cm³/mol. The van der Waals surface area contributed by atoms with Gasteiger partial charge in [0.15, 0.2) is 0 Å². The first-order chi connectivity index (χ1) is 10.0. The third-order valence-corrected chi connectivity index (χ3v) is 3.11. The van der Waals surface area contributed by atoms with E-state index in [1.54, 1.807) is 43.3 Å². The van der Waals surface area contributed by atoms with E-state index in [2.05, 4.69) is 5.32 Å². The van der Waals surface area contributed by atoms with Crippen molar-refractivity contribution in [2.45, 2.75) is 13.5 Å². The lowest BCUT2D eigenvalue weighted by molar-refractivity contribution is 0.0698. The summed E-state index contributed by atoms with van der Waals surface area (Å²) in [4.78, 5) is 23.3. The Morgan fingerprint density at radius 2 is 1.81 bits per heavy atom. The number of carbonyl (C=O) groups excluding carboxylic acids is 1. The summed E-state index contributed by atoms with van der Waals surface area (Å²) in [5.41, 5.74) is 8.04. The molecule has 2 aromatic rings. The van der Waals surface area contributed by atoms with Gasteiger partial charge in [-0.05, 0) is 36.8 Å². The maximum absolute atomic E-state index is 12.1. The molecule has 2 aromatic carbocycles. The lowest BCUT2D eigenvalue weighted by atomic mass is 10.1. The van der Waals surface area contributed by atoms with E-state index in [0.717, 1.165) is 11.1 Å². The number of aromatic carboxylic acids is 1. The topological polar surface area (TPSA) is 92.4 Å². The number of aryl methyl sites for hydroxylation is 1. The average Bonchev–Trinajstić information content (AvgIpc) is 2.49. The van der Waals surface area contributed by atoms with E-state index < -0.39 is 5.97 Å². The lowest BCUT2D eigenvalue weighted by Gasteiger charge is -2.09. The molecule has 0 unspecified atom stereocenters. The second-order valence-electron chi connectivity index (χ2n) is 4.71. The number of nitrogens with two attached hydrogens (primary N) is 1. The van der Waals surface area contributed by atoms with Gasteiger partial charge in [0.2, 0.25) is 0 Å². The molecule has 5 nitrogen and oxygen atoms in total. The van der Waals surface area contributed by atoms with Crippen molar-refractivity contribution in [3.8, 4) is 0 Å². The van der Waals surface area contributed by atoms with Crippen LogP contribution in [0.1, 0.15) is 31.8 Å². The predicted octanol–water partition coefficient (Wildman–Crippen LogP) is 2.40. The van der Waals surface area contributed by atoms with Crippen molar-refractivity contribution in [2.24, 2.45) is 5.73 Å². The molecule has 5 heteroatoms. The second-order valence-corrected chi connectivity index (χ2v) is 4.71. The van der Waals surface area contributed by atoms with Gasteiger partial charge in [-0.3, -0.25) is 4.79 Å². The van der Waals surface area contributed by atoms with Crippen LogP contribution in [0, 0.1) is 6.92 Å². The third kappa shape index (κ3) is 3.46. The quantitative estimate of drug-likeness (QED) is 0.803. The minimum absolute atomic E-state index is 0.0712. The largest absolute Gasteiger partial charge is 0.478 e. The number of nitrogens with one attached hydrogen (secondary N) is 1. The molecule has 1 amide bonds. The number of carboxylic acids is 1.